The summed E-state index contributed by atoms with van der Waals surface area (Å²) >= 11 is 1.63. The molecule has 2 atom stereocenters. The van der Waals surface area contributed by atoms with Crippen LogP contribution in [-0.4, -0.2) is 11.4 Å². The van der Waals surface area contributed by atoms with Crippen LogP contribution in [0.15, 0.2) is 16.8 Å². The van der Waals surface area contributed by atoms with E-state index in [9.17, 15) is 4.79 Å². The molecule has 0 saturated carbocycles. The van der Waals surface area contributed by atoms with Gasteiger partial charge in [0.15, 0.2) is 0 Å². The molecule has 3 nitrogen and oxygen atoms in total. The summed E-state index contributed by atoms with van der Waals surface area (Å²) in [7, 11) is 0. The summed E-state index contributed by atoms with van der Waals surface area (Å²) in [6.45, 7) is 5.63. The van der Waals surface area contributed by atoms with Crippen molar-refractivity contribution in [3.63, 3.8) is 0 Å². The highest BCUT2D eigenvalue weighted by Crippen LogP contribution is 2.16. The number of carbonyl (C=O) groups is 1. The van der Waals surface area contributed by atoms with Crippen molar-refractivity contribution in [3.05, 3.63) is 22.4 Å². The molecule has 1 aromatic rings. The van der Waals surface area contributed by atoms with E-state index in [-0.39, 0.29) is 11.9 Å². The average molecular weight is 226 g/mol. The van der Waals surface area contributed by atoms with Crippen molar-refractivity contribution in [3.8, 4) is 0 Å². The van der Waals surface area contributed by atoms with Crippen LogP contribution in [0.25, 0.3) is 0 Å². The second-order valence-corrected chi connectivity index (χ2v) is 4.80. The van der Waals surface area contributed by atoms with Crippen LogP contribution in [0.3, 0.4) is 0 Å². The Morgan fingerprint density at radius 2 is 2.40 bits per heavy atom. The monoisotopic (exact) mass is 226 g/mol. The minimum atomic E-state index is -0.774. The van der Waals surface area contributed by atoms with Crippen molar-refractivity contribution in [2.24, 2.45) is 5.73 Å². The summed E-state index contributed by atoms with van der Waals surface area (Å²) in [5.74, 6) is -0.0938. The van der Waals surface area contributed by atoms with Crippen molar-refractivity contribution >= 4 is 17.2 Å². The quantitative estimate of drug-likeness (QED) is 0.825. The molecule has 0 aliphatic carbocycles. The van der Waals surface area contributed by atoms with E-state index in [2.05, 4.69) is 5.32 Å². The summed E-state index contributed by atoms with van der Waals surface area (Å²) < 4.78 is 0. The number of rotatable bonds is 4. The van der Waals surface area contributed by atoms with Crippen molar-refractivity contribution in [1.82, 2.24) is 5.32 Å². The number of hydrogen-bond acceptors (Lipinski definition) is 3. The summed E-state index contributed by atoms with van der Waals surface area (Å²) in [4.78, 5) is 11.8. The lowest BCUT2D eigenvalue weighted by Crippen LogP contribution is -2.51. The number of nitrogens with two attached hydrogens (primary N) is 1. The number of nitrogens with one attached hydrogen (secondary N) is 1. The summed E-state index contributed by atoms with van der Waals surface area (Å²) in [6.07, 6.45) is 0.634. The average Bonchev–Trinajstić information content (AvgIpc) is 2.70. The maximum absolute atomic E-state index is 11.8. The van der Waals surface area contributed by atoms with Gasteiger partial charge in [-0.3, -0.25) is 4.79 Å². The highest BCUT2D eigenvalue weighted by molar-refractivity contribution is 7.07. The molecule has 3 N–H and O–H groups in total. The molecule has 1 aromatic heterocycles. The number of amides is 1. The Bertz CT molecular complexity index is 319. The van der Waals surface area contributed by atoms with Gasteiger partial charge in [0, 0.05) is 0 Å². The molecule has 4 heteroatoms. The van der Waals surface area contributed by atoms with Gasteiger partial charge in [-0.05, 0) is 42.7 Å². The lowest BCUT2D eigenvalue weighted by molar-refractivity contribution is -0.126. The third-order valence-electron chi connectivity index (χ3n) is 2.64. The molecule has 0 bridgehead atoms. The predicted octanol–water partition coefficient (Wildman–Crippen LogP) is 2.05. The van der Waals surface area contributed by atoms with Gasteiger partial charge in [-0.25, -0.2) is 0 Å². The zero-order valence-corrected chi connectivity index (χ0v) is 10.2. The fourth-order valence-electron chi connectivity index (χ4n) is 1.13. The largest absolute Gasteiger partial charge is 0.348 e. The van der Waals surface area contributed by atoms with Gasteiger partial charge >= 0.3 is 0 Å². The lowest BCUT2D eigenvalue weighted by Gasteiger charge is -2.24. The SMILES string of the molecule is CCC(C)(N)C(=O)NC(C)c1ccsc1. The van der Waals surface area contributed by atoms with Crippen molar-refractivity contribution in [2.75, 3.05) is 0 Å². The van der Waals surface area contributed by atoms with Gasteiger partial charge in [0.05, 0.1) is 11.6 Å². The summed E-state index contributed by atoms with van der Waals surface area (Å²) in [5.41, 5.74) is 6.20. The van der Waals surface area contributed by atoms with Crippen LogP contribution in [0.5, 0.6) is 0 Å². The van der Waals surface area contributed by atoms with Crippen molar-refractivity contribution in [2.45, 2.75) is 38.8 Å². The number of thiophene rings is 1. The predicted molar refractivity (Wildman–Crippen MR) is 63.8 cm³/mol. The Labute approximate surface area is 94.7 Å². The van der Waals surface area contributed by atoms with E-state index in [4.69, 9.17) is 5.73 Å². The number of hydrogen-bond donors (Lipinski definition) is 2. The molecule has 1 amide bonds. The topological polar surface area (TPSA) is 55.1 Å². The Morgan fingerprint density at radius 1 is 1.73 bits per heavy atom. The zero-order chi connectivity index (χ0) is 11.5. The molecule has 2 unspecified atom stereocenters. The Kier molecular flexibility index (Phi) is 3.88. The van der Waals surface area contributed by atoms with E-state index >= 15 is 0 Å². The van der Waals surface area contributed by atoms with Gasteiger partial charge in [-0.2, -0.15) is 11.3 Å². The highest BCUT2D eigenvalue weighted by atomic mass is 32.1. The summed E-state index contributed by atoms with van der Waals surface area (Å²) in [5, 5.41) is 6.95. The lowest BCUT2D eigenvalue weighted by atomic mass is 9.98. The summed E-state index contributed by atoms with van der Waals surface area (Å²) in [6, 6.07) is 2.04. The molecule has 0 fully saturated rings. The molecule has 0 saturated heterocycles. The van der Waals surface area contributed by atoms with Crippen molar-refractivity contribution in [1.29, 1.82) is 0 Å². The molecule has 0 aliphatic heterocycles. The molecule has 0 radical (unpaired) electrons. The molecular formula is C11H18N2OS. The Hall–Kier alpha value is -0.870. The first-order valence-corrected chi connectivity index (χ1v) is 6.03. The van der Waals surface area contributed by atoms with E-state index in [1.165, 1.54) is 0 Å². The van der Waals surface area contributed by atoms with Gasteiger partial charge in [0.2, 0.25) is 5.91 Å². The molecule has 1 heterocycles. The van der Waals surface area contributed by atoms with Gasteiger partial charge < -0.3 is 11.1 Å². The van der Waals surface area contributed by atoms with Crippen LogP contribution in [0.4, 0.5) is 0 Å². The van der Waals surface area contributed by atoms with Crippen LogP contribution >= 0.6 is 11.3 Å². The molecule has 15 heavy (non-hydrogen) atoms. The van der Waals surface area contributed by atoms with E-state index in [0.717, 1.165) is 5.56 Å². The van der Waals surface area contributed by atoms with E-state index < -0.39 is 5.54 Å². The van der Waals surface area contributed by atoms with Crippen LogP contribution in [0, 0.1) is 0 Å². The molecule has 0 aliphatic rings. The van der Waals surface area contributed by atoms with Crippen molar-refractivity contribution < 1.29 is 4.79 Å². The van der Waals surface area contributed by atoms with E-state index in [0.29, 0.717) is 6.42 Å². The third-order valence-corrected chi connectivity index (χ3v) is 3.35. The number of carbonyl (C=O) groups excluding carboxylic acids is 1. The minimum Gasteiger partial charge on any atom is -0.348 e. The van der Waals surface area contributed by atoms with Crippen LogP contribution in [0.1, 0.15) is 38.8 Å². The molecule has 1 rings (SSSR count). The van der Waals surface area contributed by atoms with Crippen LogP contribution < -0.4 is 11.1 Å². The first-order chi connectivity index (χ1) is 6.97. The minimum absolute atomic E-state index is 0.0261. The maximum atomic E-state index is 11.8. The van der Waals surface area contributed by atoms with Gasteiger partial charge in [0.1, 0.15) is 0 Å². The third kappa shape index (κ3) is 3.04. The van der Waals surface area contributed by atoms with Gasteiger partial charge in [-0.15, -0.1) is 0 Å². The second-order valence-electron chi connectivity index (χ2n) is 4.02. The fraction of sp³-hybridized carbons (Fsp3) is 0.545. The Balaban J connectivity index is 2.60. The Morgan fingerprint density at radius 3 is 2.87 bits per heavy atom. The molecule has 84 valence electrons. The van der Waals surface area contributed by atoms with Crippen LogP contribution in [0.2, 0.25) is 0 Å². The fourth-order valence-corrected chi connectivity index (χ4v) is 1.88. The molecular weight excluding hydrogens is 208 g/mol. The maximum Gasteiger partial charge on any atom is 0.240 e. The van der Waals surface area contributed by atoms with E-state index in [1.54, 1.807) is 18.3 Å². The second kappa shape index (κ2) is 4.77. The van der Waals surface area contributed by atoms with Gasteiger partial charge in [0.25, 0.3) is 0 Å². The first kappa shape index (κ1) is 12.2. The molecule has 0 spiro atoms. The van der Waals surface area contributed by atoms with E-state index in [1.807, 2.05) is 30.7 Å². The smallest absolute Gasteiger partial charge is 0.240 e. The molecule has 0 aromatic carbocycles. The normalized spacial score (nSPS) is 16.8. The van der Waals surface area contributed by atoms with Gasteiger partial charge in [-0.1, -0.05) is 6.92 Å². The van der Waals surface area contributed by atoms with Crippen LogP contribution in [-0.2, 0) is 4.79 Å². The zero-order valence-electron chi connectivity index (χ0n) is 9.41. The highest BCUT2D eigenvalue weighted by Gasteiger charge is 2.27. The standard InChI is InChI=1S/C11H18N2OS/c1-4-11(3,12)10(14)13-8(2)9-5-6-15-7-9/h5-8H,4,12H2,1-3H3,(H,13,14). The first-order valence-electron chi connectivity index (χ1n) is 5.09.